The number of carbonyl (C=O) groups excluding carboxylic acids is 1. The van der Waals surface area contributed by atoms with Gasteiger partial charge in [0.15, 0.2) is 0 Å². The van der Waals surface area contributed by atoms with Crippen LogP contribution in [-0.4, -0.2) is 11.9 Å². The first kappa shape index (κ1) is 17.3. The van der Waals surface area contributed by atoms with Gasteiger partial charge in [0.05, 0.1) is 12.3 Å². The number of nitrogens with zero attached hydrogens (tertiary/aromatic N) is 1. The molecule has 4 nitrogen and oxygen atoms in total. The molecule has 0 bridgehead atoms. The number of hydrogen-bond acceptors (Lipinski definition) is 3. The number of rotatable bonds is 9. The van der Waals surface area contributed by atoms with Crippen molar-refractivity contribution in [1.29, 1.82) is 5.26 Å². The minimum Gasteiger partial charge on any atom is -0.469 e. The van der Waals surface area contributed by atoms with E-state index in [9.17, 15) is 10.1 Å². The summed E-state index contributed by atoms with van der Waals surface area (Å²) in [6.45, 7) is 5.99. The molecule has 1 aromatic rings. The smallest absolute Gasteiger partial charge is 0.240 e. The molecule has 0 aliphatic heterocycles. The average Bonchev–Trinajstić information content (AvgIpc) is 2.98. The van der Waals surface area contributed by atoms with Crippen molar-refractivity contribution in [3.8, 4) is 6.07 Å². The van der Waals surface area contributed by atoms with Crippen LogP contribution in [0.4, 0.5) is 0 Å². The van der Waals surface area contributed by atoms with Gasteiger partial charge in [-0.1, -0.05) is 26.7 Å². The molecule has 0 aliphatic rings. The molecule has 1 atom stereocenters. The van der Waals surface area contributed by atoms with E-state index in [1.165, 1.54) is 0 Å². The third-order valence-corrected chi connectivity index (χ3v) is 3.78. The Morgan fingerprint density at radius 2 is 2.10 bits per heavy atom. The van der Waals surface area contributed by atoms with Crippen molar-refractivity contribution >= 4 is 5.91 Å². The Hall–Kier alpha value is -1.76. The van der Waals surface area contributed by atoms with E-state index in [1.54, 1.807) is 6.26 Å². The second-order valence-electron chi connectivity index (χ2n) is 5.69. The maximum absolute atomic E-state index is 12.5. The van der Waals surface area contributed by atoms with Gasteiger partial charge in [0.25, 0.3) is 0 Å². The van der Waals surface area contributed by atoms with Gasteiger partial charge in [0, 0.05) is 12.5 Å². The molecule has 1 rings (SSSR count). The highest BCUT2D eigenvalue weighted by Gasteiger charge is 2.37. The van der Waals surface area contributed by atoms with Crippen LogP contribution in [0, 0.1) is 16.7 Å². The van der Waals surface area contributed by atoms with E-state index in [1.807, 2.05) is 32.9 Å². The lowest BCUT2D eigenvalue weighted by atomic mass is 9.79. The van der Waals surface area contributed by atoms with Crippen molar-refractivity contribution in [3.05, 3.63) is 24.2 Å². The van der Waals surface area contributed by atoms with Crippen molar-refractivity contribution in [1.82, 2.24) is 5.32 Å². The first-order valence-electron chi connectivity index (χ1n) is 7.82. The van der Waals surface area contributed by atoms with Crippen LogP contribution in [0.1, 0.15) is 58.6 Å². The summed E-state index contributed by atoms with van der Waals surface area (Å²) in [5.41, 5.74) is -0.873. The molecule has 0 spiro atoms. The Balaban J connectivity index is 2.57. The van der Waals surface area contributed by atoms with Gasteiger partial charge in [0.2, 0.25) is 5.91 Å². The van der Waals surface area contributed by atoms with E-state index in [4.69, 9.17) is 4.42 Å². The van der Waals surface area contributed by atoms with Crippen LogP contribution in [0.15, 0.2) is 22.8 Å². The molecular formula is C17H26N2O2. The van der Waals surface area contributed by atoms with Crippen LogP contribution in [0.25, 0.3) is 0 Å². The fraction of sp³-hybridized carbons (Fsp3) is 0.647. The van der Waals surface area contributed by atoms with Crippen molar-refractivity contribution in [2.75, 3.05) is 0 Å². The number of carbonyl (C=O) groups is 1. The van der Waals surface area contributed by atoms with E-state index < -0.39 is 5.41 Å². The number of furan rings is 1. The number of hydrogen-bond donors (Lipinski definition) is 1. The second kappa shape index (κ2) is 8.51. The van der Waals surface area contributed by atoms with Gasteiger partial charge < -0.3 is 9.73 Å². The summed E-state index contributed by atoms with van der Waals surface area (Å²) in [6, 6.07) is 6.09. The standard InChI is InChI=1S/C17H26N2O2/c1-4-10-17(13-18,11-5-2)16(20)19-14(3)8-9-15-7-6-12-21-15/h6-7,12,14H,4-5,8-11H2,1-3H3,(H,19,20). The lowest BCUT2D eigenvalue weighted by Crippen LogP contribution is -2.44. The van der Waals surface area contributed by atoms with Crippen LogP contribution in [-0.2, 0) is 11.2 Å². The molecule has 1 N–H and O–H groups in total. The predicted octanol–water partition coefficient (Wildman–Crippen LogP) is 3.83. The molecule has 4 heteroatoms. The molecule has 1 unspecified atom stereocenters. The summed E-state index contributed by atoms with van der Waals surface area (Å²) < 4.78 is 5.29. The Labute approximate surface area is 127 Å². The van der Waals surface area contributed by atoms with Crippen molar-refractivity contribution < 1.29 is 9.21 Å². The Kier molecular flexibility index (Phi) is 7.01. The van der Waals surface area contributed by atoms with Gasteiger partial charge in [0.1, 0.15) is 11.2 Å². The van der Waals surface area contributed by atoms with Gasteiger partial charge in [-0.15, -0.1) is 0 Å². The minimum absolute atomic E-state index is 0.0315. The van der Waals surface area contributed by atoms with E-state index in [-0.39, 0.29) is 11.9 Å². The number of nitrogens with one attached hydrogen (secondary N) is 1. The van der Waals surface area contributed by atoms with E-state index in [0.29, 0.717) is 12.8 Å². The van der Waals surface area contributed by atoms with E-state index >= 15 is 0 Å². The molecule has 1 amide bonds. The molecule has 0 aliphatic carbocycles. The molecule has 0 saturated heterocycles. The summed E-state index contributed by atoms with van der Waals surface area (Å²) in [7, 11) is 0. The highest BCUT2D eigenvalue weighted by molar-refractivity contribution is 5.85. The number of amides is 1. The van der Waals surface area contributed by atoms with Crippen molar-refractivity contribution in [2.24, 2.45) is 5.41 Å². The SMILES string of the molecule is CCCC(C#N)(CCC)C(=O)NC(C)CCc1ccco1. The van der Waals surface area contributed by atoms with Crippen LogP contribution in [0.2, 0.25) is 0 Å². The first-order chi connectivity index (χ1) is 10.1. The van der Waals surface area contributed by atoms with Gasteiger partial charge in [-0.05, 0) is 38.3 Å². The monoisotopic (exact) mass is 290 g/mol. The fourth-order valence-electron chi connectivity index (χ4n) is 2.62. The van der Waals surface area contributed by atoms with Crippen LogP contribution in [0.3, 0.4) is 0 Å². The fourth-order valence-corrected chi connectivity index (χ4v) is 2.62. The Morgan fingerprint density at radius 1 is 1.43 bits per heavy atom. The Bertz CT molecular complexity index is 454. The van der Waals surface area contributed by atoms with Gasteiger partial charge >= 0.3 is 0 Å². The molecule has 116 valence electrons. The highest BCUT2D eigenvalue weighted by atomic mass is 16.3. The number of aryl methyl sites for hydroxylation is 1. The molecule has 1 aromatic heterocycles. The third-order valence-electron chi connectivity index (χ3n) is 3.78. The largest absolute Gasteiger partial charge is 0.469 e. The summed E-state index contributed by atoms with van der Waals surface area (Å²) >= 11 is 0. The summed E-state index contributed by atoms with van der Waals surface area (Å²) in [4.78, 5) is 12.5. The van der Waals surface area contributed by atoms with Crippen LogP contribution in [0.5, 0.6) is 0 Å². The number of nitriles is 1. The zero-order valence-corrected chi connectivity index (χ0v) is 13.3. The molecule has 0 saturated carbocycles. The van der Waals surface area contributed by atoms with Crippen molar-refractivity contribution in [2.45, 2.75) is 65.3 Å². The van der Waals surface area contributed by atoms with E-state index in [0.717, 1.165) is 31.4 Å². The molecular weight excluding hydrogens is 264 g/mol. The molecule has 0 fully saturated rings. The van der Waals surface area contributed by atoms with Crippen molar-refractivity contribution in [3.63, 3.8) is 0 Å². The predicted molar refractivity (Wildman–Crippen MR) is 82.5 cm³/mol. The van der Waals surface area contributed by atoms with Gasteiger partial charge in [-0.25, -0.2) is 0 Å². The summed E-state index contributed by atoms with van der Waals surface area (Å²) in [5.74, 6) is 0.797. The van der Waals surface area contributed by atoms with E-state index in [2.05, 4.69) is 11.4 Å². The molecule has 21 heavy (non-hydrogen) atoms. The topological polar surface area (TPSA) is 66.0 Å². The second-order valence-corrected chi connectivity index (χ2v) is 5.69. The maximum atomic E-state index is 12.5. The van der Waals surface area contributed by atoms with Crippen LogP contribution >= 0.6 is 0 Å². The zero-order valence-electron chi connectivity index (χ0n) is 13.3. The first-order valence-corrected chi connectivity index (χ1v) is 7.82. The van der Waals surface area contributed by atoms with Gasteiger partial charge in [-0.3, -0.25) is 4.79 Å². The minimum atomic E-state index is -0.873. The lowest BCUT2D eigenvalue weighted by Gasteiger charge is -2.26. The third kappa shape index (κ3) is 4.93. The normalized spacial score (nSPS) is 12.7. The molecule has 0 aromatic carbocycles. The van der Waals surface area contributed by atoms with Crippen LogP contribution < -0.4 is 5.32 Å². The van der Waals surface area contributed by atoms with Gasteiger partial charge in [-0.2, -0.15) is 5.26 Å². The Morgan fingerprint density at radius 3 is 2.57 bits per heavy atom. The molecule has 1 heterocycles. The zero-order chi connectivity index (χ0) is 15.7. The summed E-state index contributed by atoms with van der Waals surface area (Å²) in [5, 5.41) is 12.5. The maximum Gasteiger partial charge on any atom is 0.240 e. The highest BCUT2D eigenvalue weighted by Crippen LogP contribution is 2.29. The summed E-state index contributed by atoms with van der Waals surface area (Å²) in [6.07, 6.45) is 6.15. The lowest BCUT2D eigenvalue weighted by molar-refractivity contribution is -0.129. The average molecular weight is 290 g/mol. The molecule has 0 radical (unpaired) electrons. The quantitative estimate of drug-likeness (QED) is 0.751.